The molecule has 0 aliphatic carbocycles. The molecular formula is C47H69N3O6. The first kappa shape index (κ1) is 44.9. The third-order valence-corrected chi connectivity index (χ3v) is 10.8. The maximum absolute atomic E-state index is 12.3. The van der Waals surface area contributed by atoms with Gasteiger partial charge in [-0.25, -0.2) is 4.79 Å². The van der Waals surface area contributed by atoms with Crippen LogP contribution in [0.4, 0.5) is 4.79 Å². The second kappa shape index (κ2) is 25.5. The van der Waals surface area contributed by atoms with Crippen molar-refractivity contribution in [3.63, 3.8) is 0 Å². The van der Waals surface area contributed by atoms with Gasteiger partial charge in [-0.05, 0) is 72.8 Å². The predicted octanol–water partition coefficient (Wildman–Crippen LogP) is 10.0. The SMILES string of the molecule is CCCCCCCCN(CCCCCCCC)CC1OC(c2cccc(-c3cccc(CNC(=O)NCC(=O)OCC)c3)c2)OC(c2ccc(CO)cc2)C1C. The fourth-order valence-corrected chi connectivity index (χ4v) is 7.44. The molecule has 1 heterocycles. The third kappa shape index (κ3) is 15.3. The molecule has 9 heteroatoms. The largest absolute Gasteiger partial charge is 0.465 e. The summed E-state index contributed by atoms with van der Waals surface area (Å²) in [6.45, 7) is 12.0. The summed E-state index contributed by atoms with van der Waals surface area (Å²) < 4.78 is 18.7. The summed E-state index contributed by atoms with van der Waals surface area (Å²) in [5.41, 5.74) is 5.90. The normalized spacial score (nSPS) is 18.2. The van der Waals surface area contributed by atoms with Crippen LogP contribution in [0, 0.1) is 5.92 Å². The predicted molar refractivity (Wildman–Crippen MR) is 225 cm³/mol. The van der Waals surface area contributed by atoms with E-state index in [4.69, 9.17) is 14.2 Å². The molecule has 56 heavy (non-hydrogen) atoms. The number of nitrogens with one attached hydrogen (secondary N) is 2. The van der Waals surface area contributed by atoms with Crippen LogP contribution >= 0.6 is 0 Å². The number of amides is 2. The molecule has 308 valence electrons. The number of hydrogen-bond donors (Lipinski definition) is 3. The molecule has 0 spiro atoms. The molecule has 1 aliphatic heterocycles. The average Bonchev–Trinajstić information content (AvgIpc) is 3.22. The maximum Gasteiger partial charge on any atom is 0.325 e. The van der Waals surface area contributed by atoms with Gasteiger partial charge < -0.3 is 34.9 Å². The van der Waals surface area contributed by atoms with Crippen LogP contribution in [0.2, 0.25) is 0 Å². The molecule has 1 aliphatic rings. The highest BCUT2D eigenvalue weighted by Crippen LogP contribution is 2.42. The molecule has 0 saturated carbocycles. The van der Waals surface area contributed by atoms with E-state index in [0.29, 0.717) is 6.54 Å². The van der Waals surface area contributed by atoms with Crippen LogP contribution in [-0.4, -0.2) is 60.9 Å². The number of carbonyl (C=O) groups is 2. The highest BCUT2D eigenvalue weighted by Gasteiger charge is 2.39. The van der Waals surface area contributed by atoms with Crippen LogP contribution in [-0.2, 0) is 32.2 Å². The van der Waals surface area contributed by atoms with Gasteiger partial charge in [0.25, 0.3) is 0 Å². The molecule has 1 saturated heterocycles. The van der Waals surface area contributed by atoms with E-state index in [1.807, 2.05) is 30.3 Å². The summed E-state index contributed by atoms with van der Waals surface area (Å²) in [4.78, 5) is 26.6. The number of hydrogen-bond acceptors (Lipinski definition) is 7. The number of aliphatic hydroxyl groups is 1. The second-order valence-electron chi connectivity index (χ2n) is 15.3. The van der Waals surface area contributed by atoms with E-state index < -0.39 is 18.3 Å². The standard InChI is InChI=1S/C47H69N3O6/c1-5-8-10-12-14-16-28-50(29-17-15-13-11-9-6-2)34-43-36(4)45(39-26-24-37(35-51)25-27-39)56-46(55-43)42-23-19-22-41(31-42)40-21-18-20-38(30-40)32-48-47(53)49-33-44(52)54-7-3/h18-27,30-31,36,43,45-46,51H,5-17,28-29,32-35H2,1-4H3,(H2,48,49,53). The first-order chi connectivity index (χ1) is 27.3. The van der Waals surface area contributed by atoms with E-state index in [1.54, 1.807) is 6.92 Å². The van der Waals surface area contributed by atoms with Gasteiger partial charge in [-0.3, -0.25) is 4.79 Å². The van der Waals surface area contributed by atoms with Gasteiger partial charge in [0.1, 0.15) is 6.54 Å². The van der Waals surface area contributed by atoms with Crippen molar-refractivity contribution in [3.8, 4) is 11.1 Å². The summed E-state index contributed by atoms with van der Waals surface area (Å²) in [5, 5.41) is 15.1. The van der Waals surface area contributed by atoms with Crippen molar-refractivity contribution in [3.05, 3.63) is 95.1 Å². The van der Waals surface area contributed by atoms with Gasteiger partial charge in [-0.15, -0.1) is 0 Å². The van der Waals surface area contributed by atoms with E-state index in [2.05, 4.69) is 78.8 Å². The van der Waals surface area contributed by atoms with Crippen molar-refractivity contribution in [2.45, 2.75) is 136 Å². The molecule has 4 atom stereocenters. The summed E-state index contributed by atoms with van der Waals surface area (Å²) in [6.07, 6.45) is 14.6. The molecule has 0 radical (unpaired) electrons. The number of nitrogens with zero attached hydrogens (tertiary/aromatic N) is 1. The number of ether oxygens (including phenoxy) is 3. The number of aliphatic hydroxyl groups excluding tert-OH is 1. The van der Waals surface area contributed by atoms with Gasteiger partial charge in [0, 0.05) is 24.6 Å². The zero-order chi connectivity index (χ0) is 40.0. The lowest BCUT2D eigenvalue weighted by Gasteiger charge is -2.43. The number of carbonyl (C=O) groups excluding carboxylic acids is 2. The lowest BCUT2D eigenvalue weighted by molar-refractivity contribution is -0.276. The Morgan fingerprint density at radius 1 is 0.714 bits per heavy atom. The number of unbranched alkanes of at least 4 members (excludes halogenated alkanes) is 10. The Kier molecular flexibility index (Phi) is 20.5. The van der Waals surface area contributed by atoms with Crippen molar-refractivity contribution < 1.29 is 28.9 Å². The molecular weight excluding hydrogens is 703 g/mol. The molecule has 3 aromatic rings. The van der Waals surface area contributed by atoms with Crippen molar-refractivity contribution >= 4 is 12.0 Å². The Labute approximate surface area is 336 Å². The fraction of sp³-hybridized carbons (Fsp3) is 0.574. The van der Waals surface area contributed by atoms with Crippen molar-refractivity contribution in [1.29, 1.82) is 0 Å². The zero-order valence-corrected chi connectivity index (χ0v) is 34.6. The van der Waals surface area contributed by atoms with Gasteiger partial charge in [-0.2, -0.15) is 0 Å². The summed E-state index contributed by atoms with van der Waals surface area (Å²) in [6, 6.07) is 24.1. The van der Waals surface area contributed by atoms with E-state index in [0.717, 1.165) is 53.0 Å². The number of rotatable bonds is 25. The van der Waals surface area contributed by atoms with Crippen LogP contribution in [0.1, 0.15) is 139 Å². The van der Waals surface area contributed by atoms with Gasteiger partial charge >= 0.3 is 12.0 Å². The average molecular weight is 772 g/mol. The number of benzene rings is 3. The summed E-state index contributed by atoms with van der Waals surface area (Å²) in [5.74, 6) is -0.356. The smallest absolute Gasteiger partial charge is 0.325 e. The van der Waals surface area contributed by atoms with Gasteiger partial charge in [0.05, 0.1) is 25.4 Å². The fourth-order valence-electron chi connectivity index (χ4n) is 7.44. The van der Waals surface area contributed by atoms with Crippen molar-refractivity contribution in [2.24, 2.45) is 5.92 Å². The summed E-state index contributed by atoms with van der Waals surface area (Å²) >= 11 is 0. The summed E-state index contributed by atoms with van der Waals surface area (Å²) in [7, 11) is 0. The molecule has 0 aromatic heterocycles. The maximum atomic E-state index is 12.3. The molecule has 0 bridgehead atoms. The Balaban J connectivity index is 1.51. The van der Waals surface area contributed by atoms with Crippen LogP contribution < -0.4 is 10.6 Å². The zero-order valence-electron chi connectivity index (χ0n) is 34.6. The monoisotopic (exact) mass is 772 g/mol. The molecule has 4 rings (SSSR count). The highest BCUT2D eigenvalue weighted by atomic mass is 16.7. The number of urea groups is 1. The van der Waals surface area contributed by atoms with Crippen LogP contribution in [0.3, 0.4) is 0 Å². The van der Waals surface area contributed by atoms with Gasteiger partial charge in [0.15, 0.2) is 6.29 Å². The van der Waals surface area contributed by atoms with Crippen molar-refractivity contribution in [2.75, 3.05) is 32.8 Å². The Morgan fingerprint density at radius 2 is 1.34 bits per heavy atom. The lowest BCUT2D eigenvalue weighted by atomic mass is 9.89. The minimum atomic E-state index is -0.559. The Bertz CT molecular complexity index is 1550. The molecule has 3 N–H and O–H groups in total. The minimum Gasteiger partial charge on any atom is -0.465 e. The van der Waals surface area contributed by atoms with E-state index in [1.165, 1.54) is 77.0 Å². The van der Waals surface area contributed by atoms with E-state index in [9.17, 15) is 14.7 Å². The van der Waals surface area contributed by atoms with Gasteiger partial charge in [-0.1, -0.05) is 146 Å². The molecule has 3 aromatic carbocycles. The first-order valence-electron chi connectivity index (χ1n) is 21.4. The molecule has 2 amide bonds. The first-order valence-corrected chi connectivity index (χ1v) is 21.4. The molecule has 9 nitrogen and oxygen atoms in total. The second-order valence-corrected chi connectivity index (χ2v) is 15.3. The van der Waals surface area contributed by atoms with Gasteiger partial charge in [0.2, 0.25) is 0 Å². The van der Waals surface area contributed by atoms with Crippen LogP contribution in [0.5, 0.6) is 0 Å². The Hall–Kier alpha value is -3.76. The number of esters is 1. The topological polar surface area (TPSA) is 109 Å². The third-order valence-electron chi connectivity index (χ3n) is 10.8. The van der Waals surface area contributed by atoms with E-state index >= 15 is 0 Å². The molecule has 4 unspecified atom stereocenters. The molecule has 1 fully saturated rings. The van der Waals surface area contributed by atoms with E-state index in [-0.39, 0.29) is 37.9 Å². The Morgan fingerprint density at radius 3 is 1.98 bits per heavy atom. The van der Waals surface area contributed by atoms with Crippen LogP contribution in [0.25, 0.3) is 11.1 Å². The minimum absolute atomic E-state index is 0.00824. The van der Waals surface area contributed by atoms with Crippen molar-refractivity contribution in [1.82, 2.24) is 15.5 Å². The highest BCUT2D eigenvalue weighted by molar-refractivity contribution is 5.80. The van der Waals surface area contributed by atoms with Crippen LogP contribution in [0.15, 0.2) is 72.8 Å². The quantitative estimate of drug-likeness (QED) is 0.0581. The lowest BCUT2D eigenvalue weighted by Crippen LogP contribution is -2.45.